The molecule has 0 radical (unpaired) electrons. The predicted octanol–water partition coefficient (Wildman–Crippen LogP) is 0.355. The van der Waals surface area contributed by atoms with E-state index in [0.29, 0.717) is 0 Å². The van der Waals surface area contributed by atoms with E-state index >= 15 is 0 Å². The molecule has 0 saturated heterocycles. The summed E-state index contributed by atoms with van der Waals surface area (Å²) in [5, 5.41) is 7.95. The van der Waals surface area contributed by atoms with Crippen LogP contribution in [0.4, 0.5) is 0 Å². The molecule has 0 aromatic rings. The zero-order valence-electron chi connectivity index (χ0n) is 3.81. The molecule has 0 bridgehead atoms. The molecule has 1 N–H and O–H groups in total. The predicted molar refractivity (Wildman–Crippen MR) is 20.6 cm³/mol. The van der Waals surface area contributed by atoms with Crippen LogP contribution >= 0.6 is 0 Å². The van der Waals surface area contributed by atoms with Crippen molar-refractivity contribution in [3.05, 3.63) is 12.2 Å². The van der Waals surface area contributed by atoms with Crippen molar-refractivity contribution >= 4 is 0 Å². The van der Waals surface area contributed by atoms with Crippen LogP contribution in [0.25, 0.3) is 0 Å². The van der Waals surface area contributed by atoms with E-state index in [4.69, 9.17) is 5.11 Å². The first kappa shape index (κ1) is 9.93. The van der Waals surface area contributed by atoms with Crippen LogP contribution in [-0.4, -0.2) is 11.7 Å². The van der Waals surface area contributed by atoms with Crippen LogP contribution < -0.4 is 0 Å². The number of rotatable bonds is 1. The molecular formula is C4H7OY+2. The molecule has 0 aliphatic carbocycles. The van der Waals surface area contributed by atoms with Crippen molar-refractivity contribution in [3.63, 3.8) is 0 Å². The van der Waals surface area contributed by atoms with Crippen LogP contribution in [0, 0.1) is 6.08 Å². The van der Waals surface area contributed by atoms with Gasteiger partial charge in [-0.05, 0) is 0 Å². The van der Waals surface area contributed by atoms with E-state index in [-0.39, 0.29) is 39.3 Å². The average molecular weight is 160 g/mol. The van der Waals surface area contributed by atoms with E-state index in [1.807, 2.05) is 0 Å². The van der Waals surface area contributed by atoms with Gasteiger partial charge in [0, 0.05) is 6.61 Å². The molecule has 0 spiro atoms. The SMILES string of the molecule is C[C-]=CCO.[Y+3]. The van der Waals surface area contributed by atoms with Crippen molar-refractivity contribution < 1.29 is 37.8 Å². The molecule has 2 heteroatoms. The van der Waals surface area contributed by atoms with E-state index < -0.39 is 0 Å². The maximum atomic E-state index is 7.95. The molecule has 0 heterocycles. The summed E-state index contributed by atoms with van der Waals surface area (Å²) < 4.78 is 0. The molecule has 1 nitrogen and oxygen atoms in total. The summed E-state index contributed by atoms with van der Waals surface area (Å²) in [4.78, 5) is 0. The first-order chi connectivity index (χ1) is 2.41. The third-order valence-corrected chi connectivity index (χ3v) is 0.295. The Morgan fingerprint density at radius 1 is 1.83 bits per heavy atom. The van der Waals surface area contributed by atoms with Crippen LogP contribution in [0.1, 0.15) is 6.92 Å². The fourth-order valence-electron chi connectivity index (χ4n) is 0.0913. The molecule has 0 aromatic carbocycles. The second kappa shape index (κ2) is 9.26. The molecule has 0 aromatic heterocycles. The van der Waals surface area contributed by atoms with Crippen molar-refractivity contribution in [2.75, 3.05) is 6.61 Å². The zero-order chi connectivity index (χ0) is 4.12. The largest absolute Gasteiger partial charge is 3.00 e. The minimum atomic E-state index is 0. The van der Waals surface area contributed by atoms with Crippen molar-refractivity contribution in [3.8, 4) is 0 Å². The minimum Gasteiger partial charge on any atom is -0.502 e. The smallest absolute Gasteiger partial charge is 0.502 e. The summed E-state index contributed by atoms with van der Waals surface area (Å²) in [5.74, 6) is 0. The van der Waals surface area contributed by atoms with Gasteiger partial charge < -0.3 is 11.2 Å². The molecule has 6 heavy (non-hydrogen) atoms. The van der Waals surface area contributed by atoms with Gasteiger partial charge in [-0.15, -0.1) is 0 Å². The second-order valence-corrected chi connectivity index (χ2v) is 0.675. The fourth-order valence-corrected chi connectivity index (χ4v) is 0.0913. The Morgan fingerprint density at radius 2 is 2.33 bits per heavy atom. The van der Waals surface area contributed by atoms with E-state index in [0.717, 1.165) is 0 Å². The summed E-state index contributed by atoms with van der Waals surface area (Å²) in [6.07, 6.45) is 4.20. The summed E-state index contributed by atoms with van der Waals surface area (Å²) >= 11 is 0. The average Bonchev–Trinajstić information content (AvgIpc) is 1.41. The Bertz CT molecular complexity index is 34.5. The van der Waals surface area contributed by atoms with Crippen molar-refractivity contribution in [1.29, 1.82) is 0 Å². The summed E-state index contributed by atoms with van der Waals surface area (Å²) in [5.41, 5.74) is 0. The topological polar surface area (TPSA) is 20.2 Å². The van der Waals surface area contributed by atoms with Gasteiger partial charge in [0.25, 0.3) is 0 Å². The molecular weight excluding hydrogens is 153 g/mol. The zero-order valence-corrected chi connectivity index (χ0v) is 6.65. The Hall–Kier alpha value is 0.804. The van der Waals surface area contributed by atoms with Gasteiger partial charge in [0.1, 0.15) is 0 Å². The number of hydrogen-bond donors (Lipinski definition) is 1. The van der Waals surface area contributed by atoms with E-state index in [1.54, 1.807) is 13.0 Å². The third kappa shape index (κ3) is 8.84. The number of allylic oxidation sites excluding steroid dienone is 1. The molecule has 0 aliphatic rings. The summed E-state index contributed by atoms with van der Waals surface area (Å²) in [6.45, 7) is 1.85. The van der Waals surface area contributed by atoms with Crippen LogP contribution in [0.2, 0.25) is 0 Å². The first-order valence-corrected chi connectivity index (χ1v) is 1.51. The van der Waals surface area contributed by atoms with Gasteiger partial charge in [-0.3, -0.25) is 0 Å². The van der Waals surface area contributed by atoms with Gasteiger partial charge in [0.05, 0.1) is 0 Å². The van der Waals surface area contributed by atoms with Gasteiger partial charge in [-0.2, -0.15) is 6.92 Å². The molecule has 0 unspecified atom stereocenters. The van der Waals surface area contributed by atoms with E-state index in [9.17, 15) is 0 Å². The van der Waals surface area contributed by atoms with Crippen molar-refractivity contribution in [2.24, 2.45) is 0 Å². The second-order valence-electron chi connectivity index (χ2n) is 0.675. The molecule has 0 fully saturated rings. The van der Waals surface area contributed by atoms with Crippen LogP contribution in [0.3, 0.4) is 0 Å². The van der Waals surface area contributed by atoms with Crippen molar-refractivity contribution in [2.45, 2.75) is 6.92 Å². The van der Waals surface area contributed by atoms with Gasteiger partial charge in [-0.25, -0.2) is 6.08 Å². The molecule has 0 rings (SSSR count). The maximum Gasteiger partial charge on any atom is 3.00 e. The fraction of sp³-hybridized carbons (Fsp3) is 0.500. The minimum absolute atomic E-state index is 0. The van der Waals surface area contributed by atoms with Gasteiger partial charge in [0.15, 0.2) is 0 Å². The third-order valence-electron chi connectivity index (χ3n) is 0.295. The number of aliphatic hydroxyl groups is 1. The molecule has 0 saturated carbocycles. The first-order valence-electron chi connectivity index (χ1n) is 1.51. The normalized spacial score (nSPS) is 8.33. The molecule has 0 atom stereocenters. The standard InChI is InChI=1S/C4H7O.Y/c1-2-3-4-5;/h3,5H,4H2,1H3;/q-1;+3. The van der Waals surface area contributed by atoms with Crippen LogP contribution in [-0.2, 0) is 32.7 Å². The maximum absolute atomic E-state index is 7.95. The van der Waals surface area contributed by atoms with Gasteiger partial charge >= 0.3 is 32.7 Å². The van der Waals surface area contributed by atoms with Gasteiger partial charge in [0.2, 0.25) is 0 Å². The summed E-state index contributed by atoms with van der Waals surface area (Å²) in [6, 6.07) is 0. The monoisotopic (exact) mass is 160 g/mol. The van der Waals surface area contributed by atoms with Gasteiger partial charge in [-0.1, -0.05) is 0 Å². The Balaban J connectivity index is 0. The van der Waals surface area contributed by atoms with Crippen LogP contribution in [0.15, 0.2) is 6.08 Å². The van der Waals surface area contributed by atoms with E-state index in [2.05, 4.69) is 6.08 Å². The Morgan fingerprint density at radius 3 is 2.33 bits per heavy atom. The quantitative estimate of drug-likeness (QED) is 0.549. The summed E-state index contributed by atoms with van der Waals surface area (Å²) in [7, 11) is 0. The molecule has 0 aliphatic heterocycles. The molecule has 30 valence electrons. The Labute approximate surface area is 63.3 Å². The van der Waals surface area contributed by atoms with Crippen molar-refractivity contribution in [1.82, 2.24) is 0 Å². The number of aliphatic hydroxyl groups excluding tert-OH is 1. The van der Waals surface area contributed by atoms with Crippen LogP contribution in [0.5, 0.6) is 0 Å². The number of hydrogen-bond acceptors (Lipinski definition) is 1. The molecule has 0 amide bonds. The van der Waals surface area contributed by atoms with E-state index in [1.165, 1.54) is 0 Å². The Kier molecular flexibility index (Phi) is 15.3.